The lowest BCUT2D eigenvalue weighted by atomic mass is 10.1. The van der Waals surface area contributed by atoms with Crippen molar-refractivity contribution in [1.82, 2.24) is 4.90 Å². The first-order chi connectivity index (χ1) is 9.27. The fourth-order valence-electron chi connectivity index (χ4n) is 2.93. The van der Waals surface area contributed by atoms with Crippen LogP contribution < -0.4 is 4.90 Å². The van der Waals surface area contributed by atoms with Gasteiger partial charge in [-0.15, -0.1) is 0 Å². The molecule has 0 saturated carbocycles. The molecule has 0 N–H and O–H groups in total. The van der Waals surface area contributed by atoms with Gasteiger partial charge in [-0.25, -0.2) is 0 Å². The van der Waals surface area contributed by atoms with Crippen molar-refractivity contribution in [3.05, 3.63) is 36.0 Å². The van der Waals surface area contributed by atoms with Crippen molar-refractivity contribution in [2.24, 2.45) is 0 Å². The summed E-state index contributed by atoms with van der Waals surface area (Å²) in [4.78, 5) is 16.4. The van der Waals surface area contributed by atoms with E-state index in [4.69, 9.17) is 0 Å². The molecule has 2 aliphatic rings. The van der Waals surface area contributed by atoms with Crippen LogP contribution in [0.15, 0.2) is 30.5 Å². The number of likely N-dealkylation sites (tertiary alicyclic amines) is 1. The Balaban J connectivity index is 1.93. The van der Waals surface area contributed by atoms with Gasteiger partial charge in [0.05, 0.1) is 11.3 Å². The Hall–Kier alpha value is -1.77. The highest BCUT2D eigenvalue weighted by atomic mass is 16.2. The van der Waals surface area contributed by atoms with E-state index < -0.39 is 0 Å². The Morgan fingerprint density at radius 3 is 2.47 bits per heavy atom. The quantitative estimate of drug-likeness (QED) is 0.721. The first-order valence-corrected chi connectivity index (χ1v) is 7.11. The van der Waals surface area contributed by atoms with E-state index in [0.29, 0.717) is 0 Å². The van der Waals surface area contributed by atoms with E-state index in [1.807, 2.05) is 31.3 Å². The molecule has 1 saturated heterocycles. The predicted molar refractivity (Wildman–Crippen MR) is 77.9 cm³/mol. The van der Waals surface area contributed by atoms with Crippen LogP contribution in [-0.2, 0) is 4.79 Å². The zero-order chi connectivity index (χ0) is 13.2. The maximum absolute atomic E-state index is 12.4. The van der Waals surface area contributed by atoms with Crippen LogP contribution in [0.2, 0.25) is 0 Å². The van der Waals surface area contributed by atoms with Gasteiger partial charge in [0.1, 0.15) is 0 Å². The molecule has 2 aliphatic heterocycles. The average molecular weight is 256 g/mol. The second-order valence-electron chi connectivity index (χ2n) is 5.37. The third kappa shape index (κ3) is 2.25. The Kier molecular flexibility index (Phi) is 3.28. The lowest BCUT2D eigenvalue weighted by Gasteiger charge is -2.18. The van der Waals surface area contributed by atoms with Gasteiger partial charge in [0, 0.05) is 31.9 Å². The normalized spacial score (nSPS) is 21.7. The van der Waals surface area contributed by atoms with Crippen molar-refractivity contribution >= 4 is 17.2 Å². The number of hydrogen-bond acceptors (Lipinski definition) is 2. The summed E-state index contributed by atoms with van der Waals surface area (Å²) in [5.74, 6) is 0.116. The molecule has 19 heavy (non-hydrogen) atoms. The number of para-hydroxylation sites is 1. The molecule has 0 aromatic heterocycles. The topological polar surface area (TPSA) is 23.6 Å². The summed E-state index contributed by atoms with van der Waals surface area (Å²) in [6, 6.07) is 8.04. The smallest absolute Gasteiger partial charge is 0.260 e. The van der Waals surface area contributed by atoms with Gasteiger partial charge in [-0.2, -0.15) is 0 Å². The van der Waals surface area contributed by atoms with E-state index in [2.05, 4.69) is 11.1 Å². The van der Waals surface area contributed by atoms with Gasteiger partial charge in [-0.3, -0.25) is 4.79 Å². The summed E-state index contributed by atoms with van der Waals surface area (Å²) < 4.78 is 0. The van der Waals surface area contributed by atoms with Gasteiger partial charge in [0.15, 0.2) is 0 Å². The summed E-state index contributed by atoms with van der Waals surface area (Å²) in [5.41, 5.74) is 2.94. The van der Waals surface area contributed by atoms with E-state index in [1.165, 1.54) is 25.7 Å². The lowest BCUT2D eigenvalue weighted by Crippen LogP contribution is -2.23. The highest BCUT2D eigenvalue weighted by Gasteiger charge is 2.29. The third-order valence-corrected chi connectivity index (χ3v) is 4.04. The van der Waals surface area contributed by atoms with Crippen molar-refractivity contribution in [2.45, 2.75) is 25.7 Å². The van der Waals surface area contributed by atoms with Crippen molar-refractivity contribution in [2.75, 3.05) is 25.0 Å². The molecule has 100 valence electrons. The van der Waals surface area contributed by atoms with Gasteiger partial charge < -0.3 is 9.80 Å². The van der Waals surface area contributed by atoms with Gasteiger partial charge in [0.25, 0.3) is 5.91 Å². The Morgan fingerprint density at radius 2 is 1.74 bits per heavy atom. The van der Waals surface area contributed by atoms with E-state index in [1.54, 1.807) is 4.90 Å². The molecule has 1 aromatic rings. The summed E-state index contributed by atoms with van der Waals surface area (Å²) >= 11 is 0. The molecule has 3 nitrogen and oxygen atoms in total. The summed E-state index contributed by atoms with van der Waals surface area (Å²) in [6.45, 7) is 2.14. The van der Waals surface area contributed by atoms with Crippen LogP contribution in [0.4, 0.5) is 5.69 Å². The molecule has 0 aliphatic carbocycles. The Labute approximate surface area is 114 Å². The lowest BCUT2D eigenvalue weighted by molar-refractivity contribution is -0.112. The number of anilines is 1. The van der Waals surface area contributed by atoms with Crippen LogP contribution in [0.25, 0.3) is 5.57 Å². The standard InChI is InChI=1S/C16H20N2O/c1-17-15-9-5-4-8-13(15)14(16(17)19)12-18-10-6-2-3-7-11-18/h4-5,8-9,12H,2-3,6-7,10-11H2,1H3/b14-12-. The molecule has 3 heteroatoms. The van der Waals surface area contributed by atoms with Gasteiger partial charge in [-0.05, 0) is 18.9 Å². The number of carbonyl (C=O) groups is 1. The largest absolute Gasteiger partial charge is 0.377 e. The maximum atomic E-state index is 12.4. The zero-order valence-electron chi connectivity index (χ0n) is 11.4. The summed E-state index contributed by atoms with van der Waals surface area (Å²) in [5, 5.41) is 0. The third-order valence-electron chi connectivity index (χ3n) is 4.04. The predicted octanol–water partition coefficient (Wildman–Crippen LogP) is 2.88. The number of likely N-dealkylation sites (N-methyl/N-ethyl adjacent to an activating group) is 1. The fraction of sp³-hybridized carbons (Fsp3) is 0.438. The molecule has 3 rings (SSSR count). The number of hydrogen-bond donors (Lipinski definition) is 0. The van der Waals surface area contributed by atoms with Crippen LogP contribution in [-0.4, -0.2) is 30.9 Å². The van der Waals surface area contributed by atoms with Crippen molar-refractivity contribution in [1.29, 1.82) is 0 Å². The molecule has 1 fully saturated rings. The van der Waals surface area contributed by atoms with E-state index in [0.717, 1.165) is 29.9 Å². The second kappa shape index (κ2) is 5.08. The number of carbonyl (C=O) groups excluding carboxylic acids is 1. The summed E-state index contributed by atoms with van der Waals surface area (Å²) in [6.07, 6.45) is 7.16. The van der Waals surface area contributed by atoms with Crippen LogP contribution in [0.3, 0.4) is 0 Å². The number of benzene rings is 1. The molecule has 0 spiro atoms. The SMILES string of the molecule is CN1C(=O)/C(=C\N2CCCCCC2)c2ccccc21. The minimum atomic E-state index is 0.116. The molecular formula is C16H20N2O. The van der Waals surface area contributed by atoms with Gasteiger partial charge in [-0.1, -0.05) is 31.0 Å². The van der Waals surface area contributed by atoms with Crippen molar-refractivity contribution in [3.63, 3.8) is 0 Å². The molecule has 0 atom stereocenters. The van der Waals surface area contributed by atoms with Gasteiger partial charge in [0.2, 0.25) is 0 Å². The van der Waals surface area contributed by atoms with Crippen LogP contribution in [0.1, 0.15) is 31.2 Å². The van der Waals surface area contributed by atoms with Crippen LogP contribution in [0.5, 0.6) is 0 Å². The number of amides is 1. The second-order valence-corrected chi connectivity index (χ2v) is 5.37. The molecule has 0 bridgehead atoms. The molecular weight excluding hydrogens is 236 g/mol. The summed E-state index contributed by atoms with van der Waals surface area (Å²) in [7, 11) is 1.85. The van der Waals surface area contributed by atoms with E-state index in [-0.39, 0.29) is 5.91 Å². The average Bonchev–Trinajstić information content (AvgIpc) is 2.65. The van der Waals surface area contributed by atoms with Crippen molar-refractivity contribution < 1.29 is 4.79 Å². The minimum absolute atomic E-state index is 0.116. The molecule has 0 radical (unpaired) electrons. The molecule has 1 amide bonds. The molecule has 0 unspecified atom stereocenters. The molecule has 2 heterocycles. The minimum Gasteiger partial charge on any atom is -0.377 e. The number of rotatable bonds is 1. The Bertz CT molecular complexity index is 513. The Morgan fingerprint density at radius 1 is 1.05 bits per heavy atom. The monoisotopic (exact) mass is 256 g/mol. The number of nitrogens with zero attached hydrogens (tertiary/aromatic N) is 2. The highest BCUT2D eigenvalue weighted by Crippen LogP contribution is 2.35. The van der Waals surface area contributed by atoms with Crippen molar-refractivity contribution in [3.8, 4) is 0 Å². The zero-order valence-corrected chi connectivity index (χ0v) is 11.4. The maximum Gasteiger partial charge on any atom is 0.260 e. The molecule has 1 aromatic carbocycles. The first kappa shape index (κ1) is 12.3. The first-order valence-electron chi connectivity index (χ1n) is 7.11. The van der Waals surface area contributed by atoms with Crippen LogP contribution >= 0.6 is 0 Å². The highest BCUT2D eigenvalue weighted by molar-refractivity contribution is 6.32. The van der Waals surface area contributed by atoms with Gasteiger partial charge >= 0.3 is 0 Å². The fourth-order valence-corrected chi connectivity index (χ4v) is 2.93. The van der Waals surface area contributed by atoms with E-state index >= 15 is 0 Å². The van der Waals surface area contributed by atoms with Crippen LogP contribution in [0, 0.1) is 0 Å². The van der Waals surface area contributed by atoms with E-state index in [9.17, 15) is 4.79 Å². The number of fused-ring (bicyclic) bond motifs is 1.